The van der Waals surface area contributed by atoms with Crippen molar-refractivity contribution in [3.05, 3.63) is 170 Å². The second kappa shape index (κ2) is 11.3. The first-order chi connectivity index (χ1) is 25.3. The topological polar surface area (TPSA) is 13.1 Å². The van der Waals surface area contributed by atoms with Crippen molar-refractivity contribution in [1.82, 2.24) is 0 Å². The van der Waals surface area contributed by atoms with Gasteiger partial charge in [-0.3, -0.25) is 0 Å². The van der Waals surface area contributed by atoms with E-state index in [0.29, 0.717) is 0 Å². The van der Waals surface area contributed by atoms with E-state index in [-0.39, 0.29) is 0 Å². The summed E-state index contributed by atoms with van der Waals surface area (Å²) in [5, 5.41) is 7.56. The summed E-state index contributed by atoms with van der Waals surface area (Å²) in [7, 11) is 0. The first-order valence-corrected chi connectivity index (χ1v) is 18.9. The Balaban J connectivity index is 1.19. The van der Waals surface area contributed by atoms with Gasteiger partial charge in [0.05, 0.1) is 0 Å². The summed E-state index contributed by atoms with van der Waals surface area (Å²) in [5.41, 5.74) is 11.5. The molecule has 3 heteroatoms. The Labute approximate surface area is 302 Å². The number of furan rings is 1. The monoisotopic (exact) mass is 684 g/mol. The van der Waals surface area contributed by atoms with Gasteiger partial charge in [0.25, 0.3) is 0 Å². The van der Waals surface area contributed by atoms with Crippen molar-refractivity contribution in [2.75, 3.05) is 0 Å². The Hall–Kier alpha value is -6.00. The molecule has 0 saturated carbocycles. The van der Waals surface area contributed by atoms with Crippen LogP contribution >= 0.6 is 22.7 Å². The van der Waals surface area contributed by atoms with Crippen molar-refractivity contribution in [2.24, 2.45) is 0 Å². The molecule has 0 saturated heterocycles. The fourth-order valence-electron chi connectivity index (χ4n) is 8.00. The molecule has 51 heavy (non-hydrogen) atoms. The Kier molecular flexibility index (Phi) is 6.36. The van der Waals surface area contributed by atoms with E-state index in [0.717, 1.165) is 27.5 Å². The zero-order chi connectivity index (χ0) is 33.5. The smallest absolute Gasteiger partial charge is 0.136 e. The van der Waals surface area contributed by atoms with E-state index in [2.05, 4.69) is 158 Å². The Morgan fingerprint density at radius 3 is 1.37 bits per heavy atom. The lowest BCUT2D eigenvalue weighted by molar-refractivity contribution is 0.669. The summed E-state index contributed by atoms with van der Waals surface area (Å²) in [6, 6.07) is 62.1. The molecule has 0 radical (unpaired) electrons. The maximum absolute atomic E-state index is 6.35. The average Bonchev–Trinajstić information content (AvgIpc) is 3.88. The molecule has 0 amide bonds. The lowest BCUT2D eigenvalue weighted by Gasteiger charge is -2.16. The van der Waals surface area contributed by atoms with Crippen molar-refractivity contribution in [3.8, 4) is 44.5 Å². The average molecular weight is 685 g/mol. The summed E-state index contributed by atoms with van der Waals surface area (Å²) in [4.78, 5) is 0. The second-order valence-electron chi connectivity index (χ2n) is 13.2. The van der Waals surface area contributed by atoms with E-state index in [4.69, 9.17) is 4.42 Å². The van der Waals surface area contributed by atoms with Gasteiger partial charge in [-0.15, -0.1) is 22.7 Å². The molecule has 0 bridgehead atoms. The van der Waals surface area contributed by atoms with Crippen molar-refractivity contribution < 1.29 is 4.42 Å². The van der Waals surface area contributed by atoms with Gasteiger partial charge in [-0.1, -0.05) is 109 Å². The van der Waals surface area contributed by atoms with Crippen LogP contribution in [-0.4, -0.2) is 0 Å². The summed E-state index contributed by atoms with van der Waals surface area (Å²) >= 11 is 3.74. The second-order valence-corrected chi connectivity index (χ2v) is 15.4. The van der Waals surface area contributed by atoms with Crippen molar-refractivity contribution in [2.45, 2.75) is 0 Å². The maximum Gasteiger partial charge on any atom is 0.136 e. The standard InChI is InChI=1S/C48H28OS2/c1-2-12-34(33(11-1)29-23-24-38-37-13-3-6-18-41(37)49-42(38)28-29)30-25-31(35-16-9-21-45-47(35)39-14-4-7-19-43(39)50-45)27-32(26-30)36-17-10-22-46-48(36)40-15-5-8-20-44(40)51-46/h1-28H. The molecule has 0 N–H and O–H groups in total. The number of thiophene rings is 2. The third kappa shape index (κ3) is 4.52. The van der Waals surface area contributed by atoms with Crippen LogP contribution in [0.2, 0.25) is 0 Å². The Morgan fingerprint density at radius 1 is 0.294 bits per heavy atom. The number of hydrogen-bond donors (Lipinski definition) is 0. The highest BCUT2D eigenvalue weighted by atomic mass is 32.1. The molecule has 0 atom stereocenters. The van der Waals surface area contributed by atoms with Gasteiger partial charge in [0, 0.05) is 51.1 Å². The minimum Gasteiger partial charge on any atom is -0.456 e. The molecule has 3 aromatic heterocycles. The molecule has 0 spiro atoms. The molecule has 0 fully saturated rings. The molecule has 0 aliphatic carbocycles. The number of hydrogen-bond acceptors (Lipinski definition) is 3. The molecule has 0 aliphatic heterocycles. The third-order valence-corrected chi connectivity index (χ3v) is 12.6. The zero-order valence-corrected chi connectivity index (χ0v) is 29.0. The molecular weight excluding hydrogens is 657 g/mol. The number of fused-ring (bicyclic) bond motifs is 9. The van der Waals surface area contributed by atoms with Crippen molar-refractivity contribution in [3.63, 3.8) is 0 Å². The molecule has 11 aromatic rings. The largest absolute Gasteiger partial charge is 0.456 e. The summed E-state index contributed by atoms with van der Waals surface area (Å²) in [6.07, 6.45) is 0. The van der Waals surface area contributed by atoms with E-state index in [9.17, 15) is 0 Å². The van der Waals surface area contributed by atoms with Crippen LogP contribution in [0.5, 0.6) is 0 Å². The third-order valence-electron chi connectivity index (χ3n) is 10.3. The van der Waals surface area contributed by atoms with E-state index in [1.807, 2.05) is 34.8 Å². The predicted molar refractivity (Wildman–Crippen MR) is 221 cm³/mol. The van der Waals surface area contributed by atoms with Gasteiger partial charge in [-0.25, -0.2) is 0 Å². The maximum atomic E-state index is 6.35. The molecule has 0 aliphatic rings. The first kappa shape index (κ1) is 28.8. The van der Waals surface area contributed by atoms with E-state index < -0.39 is 0 Å². The van der Waals surface area contributed by atoms with Crippen LogP contribution in [0.3, 0.4) is 0 Å². The number of benzene rings is 8. The lowest BCUT2D eigenvalue weighted by atomic mass is 9.88. The highest BCUT2D eigenvalue weighted by molar-refractivity contribution is 7.26. The minimum absolute atomic E-state index is 0.907. The van der Waals surface area contributed by atoms with Gasteiger partial charge in [-0.05, 0) is 105 Å². The van der Waals surface area contributed by atoms with Crippen LogP contribution in [0.25, 0.3) is 107 Å². The summed E-state index contributed by atoms with van der Waals surface area (Å²) in [5.74, 6) is 0. The molecule has 1 nitrogen and oxygen atoms in total. The molecule has 0 unspecified atom stereocenters. The van der Waals surface area contributed by atoms with Crippen LogP contribution in [0.1, 0.15) is 0 Å². The van der Waals surface area contributed by atoms with Crippen molar-refractivity contribution >= 4 is 85.0 Å². The predicted octanol–water partition coefficient (Wildman–Crippen LogP) is 15.0. The summed E-state index contributed by atoms with van der Waals surface area (Å²) in [6.45, 7) is 0. The van der Waals surface area contributed by atoms with Gasteiger partial charge in [0.2, 0.25) is 0 Å². The molecule has 11 rings (SSSR count). The van der Waals surface area contributed by atoms with E-state index >= 15 is 0 Å². The van der Waals surface area contributed by atoms with Crippen LogP contribution in [0.15, 0.2) is 174 Å². The number of rotatable bonds is 4. The highest BCUT2D eigenvalue weighted by Gasteiger charge is 2.18. The SMILES string of the molecule is c1ccc(-c2ccc3c(c2)oc2ccccc23)c(-c2cc(-c3cccc4sc5ccccc5c34)cc(-c3cccc4sc5ccccc5c34)c2)c1. The first-order valence-electron chi connectivity index (χ1n) is 17.2. The number of para-hydroxylation sites is 1. The molecule has 3 heterocycles. The Bertz CT molecular complexity index is 3020. The molecular formula is C48H28OS2. The van der Waals surface area contributed by atoms with Crippen LogP contribution < -0.4 is 0 Å². The van der Waals surface area contributed by atoms with E-state index in [1.54, 1.807) is 0 Å². The van der Waals surface area contributed by atoms with Crippen LogP contribution in [0, 0.1) is 0 Å². The quantitative estimate of drug-likeness (QED) is 0.180. The Morgan fingerprint density at radius 2 is 0.745 bits per heavy atom. The molecule has 8 aromatic carbocycles. The van der Waals surface area contributed by atoms with Gasteiger partial charge in [0.15, 0.2) is 0 Å². The fraction of sp³-hybridized carbons (Fsp3) is 0. The van der Waals surface area contributed by atoms with Crippen LogP contribution in [-0.2, 0) is 0 Å². The van der Waals surface area contributed by atoms with E-state index in [1.165, 1.54) is 79.3 Å². The normalized spacial score (nSPS) is 11.9. The fourth-order valence-corrected chi connectivity index (χ4v) is 10.3. The molecule has 238 valence electrons. The highest BCUT2D eigenvalue weighted by Crippen LogP contribution is 2.46. The van der Waals surface area contributed by atoms with Gasteiger partial charge < -0.3 is 4.42 Å². The van der Waals surface area contributed by atoms with Crippen molar-refractivity contribution in [1.29, 1.82) is 0 Å². The summed E-state index contributed by atoms with van der Waals surface area (Å²) < 4.78 is 11.6. The minimum atomic E-state index is 0.907. The lowest BCUT2D eigenvalue weighted by Crippen LogP contribution is -1.90. The van der Waals surface area contributed by atoms with Gasteiger partial charge >= 0.3 is 0 Å². The zero-order valence-electron chi connectivity index (χ0n) is 27.4. The van der Waals surface area contributed by atoms with Gasteiger partial charge in [-0.2, -0.15) is 0 Å². The van der Waals surface area contributed by atoms with Gasteiger partial charge in [0.1, 0.15) is 11.2 Å². The van der Waals surface area contributed by atoms with Crippen LogP contribution in [0.4, 0.5) is 0 Å².